The van der Waals surface area contributed by atoms with Crippen molar-refractivity contribution >= 4 is 11.6 Å². The molecule has 0 aliphatic heterocycles. The predicted octanol–water partition coefficient (Wildman–Crippen LogP) is 4.68. The number of unbranched alkanes of at least 4 members (excludes halogenated alkanes) is 6. The third kappa shape index (κ3) is 13.6. The zero-order valence-electron chi connectivity index (χ0n) is 11.6. The van der Waals surface area contributed by atoms with Gasteiger partial charge in [0.2, 0.25) is 0 Å². The summed E-state index contributed by atoms with van der Waals surface area (Å²) < 4.78 is 0. The Bertz CT molecular complexity index is 250. The van der Waals surface area contributed by atoms with Gasteiger partial charge < -0.3 is 5.11 Å². The van der Waals surface area contributed by atoms with Crippen LogP contribution in [0.5, 0.6) is 0 Å². The van der Waals surface area contributed by atoms with Crippen molar-refractivity contribution in [2.75, 3.05) is 5.88 Å². The van der Waals surface area contributed by atoms with Crippen LogP contribution in [0.3, 0.4) is 0 Å². The Morgan fingerprint density at radius 3 is 2.61 bits per heavy atom. The first-order valence-corrected chi connectivity index (χ1v) is 7.73. The van der Waals surface area contributed by atoms with E-state index in [0.717, 1.165) is 38.0 Å². The highest BCUT2D eigenvalue weighted by atomic mass is 35.5. The number of hydrogen-bond donors (Lipinski definition) is 1. The van der Waals surface area contributed by atoms with Crippen LogP contribution in [0.1, 0.15) is 64.7 Å². The second-order valence-electron chi connectivity index (χ2n) is 4.60. The molecule has 18 heavy (non-hydrogen) atoms. The van der Waals surface area contributed by atoms with Crippen LogP contribution in [0.2, 0.25) is 0 Å². The first kappa shape index (κ1) is 17.6. The molecule has 0 aliphatic rings. The van der Waals surface area contributed by atoms with Crippen LogP contribution in [0.15, 0.2) is 12.2 Å². The van der Waals surface area contributed by atoms with Crippen LogP contribution in [-0.2, 0) is 0 Å². The number of aliphatic hydroxyl groups excluding tert-OH is 1. The molecule has 0 radical (unpaired) electrons. The summed E-state index contributed by atoms with van der Waals surface area (Å²) in [7, 11) is 0. The van der Waals surface area contributed by atoms with Crippen molar-refractivity contribution in [2.45, 2.75) is 70.8 Å². The first-order chi connectivity index (χ1) is 8.81. The van der Waals surface area contributed by atoms with Gasteiger partial charge in [0, 0.05) is 12.3 Å². The van der Waals surface area contributed by atoms with E-state index in [9.17, 15) is 5.11 Å². The Kier molecular flexibility index (Phi) is 14.2. The fourth-order valence-electron chi connectivity index (χ4n) is 1.65. The molecule has 0 aromatic heterocycles. The zero-order chi connectivity index (χ0) is 13.5. The van der Waals surface area contributed by atoms with Crippen molar-refractivity contribution in [3.05, 3.63) is 12.2 Å². The van der Waals surface area contributed by atoms with Crippen LogP contribution >= 0.6 is 11.6 Å². The van der Waals surface area contributed by atoms with Crippen molar-refractivity contribution < 1.29 is 5.11 Å². The van der Waals surface area contributed by atoms with E-state index >= 15 is 0 Å². The SMILES string of the molecule is CCCCC[C@H](O)/C=C/C#CCCCCCCCl. The first-order valence-electron chi connectivity index (χ1n) is 7.20. The fraction of sp³-hybridized carbons (Fsp3) is 0.750. The van der Waals surface area contributed by atoms with E-state index in [2.05, 4.69) is 18.8 Å². The molecule has 104 valence electrons. The molecule has 1 atom stereocenters. The van der Waals surface area contributed by atoms with E-state index in [4.69, 9.17) is 11.6 Å². The lowest BCUT2D eigenvalue weighted by Crippen LogP contribution is -2.00. The van der Waals surface area contributed by atoms with E-state index in [1.807, 2.05) is 0 Å². The molecule has 0 unspecified atom stereocenters. The summed E-state index contributed by atoms with van der Waals surface area (Å²) in [5.41, 5.74) is 0. The molecule has 0 heterocycles. The third-order valence-electron chi connectivity index (χ3n) is 2.79. The van der Waals surface area contributed by atoms with Gasteiger partial charge in [-0.05, 0) is 31.4 Å². The van der Waals surface area contributed by atoms with E-state index in [-0.39, 0.29) is 6.10 Å². The van der Waals surface area contributed by atoms with Gasteiger partial charge in [-0.2, -0.15) is 0 Å². The Labute approximate surface area is 118 Å². The van der Waals surface area contributed by atoms with Crippen molar-refractivity contribution in [3.8, 4) is 11.8 Å². The third-order valence-corrected chi connectivity index (χ3v) is 3.06. The van der Waals surface area contributed by atoms with Crippen LogP contribution in [0.4, 0.5) is 0 Å². The average molecular weight is 271 g/mol. The van der Waals surface area contributed by atoms with Gasteiger partial charge in [0.15, 0.2) is 0 Å². The van der Waals surface area contributed by atoms with E-state index in [1.54, 1.807) is 12.2 Å². The largest absolute Gasteiger partial charge is 0.389 e. The molecule has 0 amide bonds. The summed E-state index contributed by atoms with van der Waals surface area (Å²) in [6.07, 6.45) is 13.2. The quantitative estimate of drug-likeness (QED) is 0.347. The van der Waals surface area contributed by atoms with Crippen molar-refractivity contribution in [2.24, 2.45) is 0 Å². The molecule has 0 aromatic carbocycles. The molecular weight excluding hydrogens is 244 g/mol. The minimum Gasteiger partial charge on any atom is -0.389 e. The van der Waals surface area contributed by atoms with Crippen LogP contribution in [0.25, 0.3) is 0 Å². The monoisotopic (exact) mass is 270 g/mol. The summed E-state index contributed by atoms with van der Waals surface area (Å²) in [5, 5.41) is 9.61. The lowest BCUT2D eigenvalue weighted by Gasteiger charge is -2.02. The van der Waals surface area contributed by atoms with E-state index in [1.165, 1.54) is 25.7 Å². The van der Waals surface area contributed by atoms with Gasteiger partial charge in [-0.1, -0.05) is 50.9 Å². The molecular formula is C16H27ClO. The highest BCUT2D eigenvalue weighted by Gasteiger charge is 1.96. The van der Waals surface area contributed by atoms with Crippen molar-refractivity contribution in [1.82, 2.24) is 0 Å². The lowest BCUT2D eigenvalue weighted by atomic mass is 10.1. The fourth-order valence-corrected chi connectivity index (χ4v) is 1.84. The van der Waals surface area contributed by atoms with E-state index in [0.29, 0.717) is 0 Å². The summed E-state index contributed by atoms with van der Waals surface area (Å²) in [6, 6.07) is 0. The zero-order valence-corrected chi connectivity index (χ0v) is 12.4. The number of rotatable bonds is 10. The number of alkyl halides is 1. The van der Waals surface area contributed by atoms with E-state index < -0.39 is 0 Å². The number of allylic oxidation sites excluding steroid dienone is 1. The maximum atomic E-state index is 9.61. The standard InChI is InChI=1S/C16H27ClO/c1-2-3-10-13-16(18)14-11-8-6-4-5-7-9-12-15-17/h11,14,16,18H,2-5,7,9-10,12-13,15H2,1H3/b14-11+/t16-/m0/s1. The number of aliphatic hydroxyl groups is 1. The number of hydrogen-bond acceptors (Lipinski definition) is 1. The molecule has 0 spiro atoms. The van der Waals surface area contributed by atoms with Gasteiger partial charge in [-0.25, -0.2) is 0 Å². The maximum absolute atomic E-state index is 9.61. The van der Waals surface area contributed by atoms with Crippen LogP contribution in [0, 0.1) is 11.8 Å². The summed E-state index contributed by atoms with van der Waals surface area (Å²) >= 11 is 5.60. The Balaban J connectivity index is 3.44. The van der Waals surface area contributed by atoms with Gasteiger partial charge in [0.1, 0.15) is 0 Å². The Hall–Kier alpha value is -0.450. The second-order valence-corrected chi connectivity index (χ2v) is 4.97. The summed E-state index contributed by atoms with van der Waals surface area (Å²) in [4.78, 5) is 0. The minimum atomic E-state index is -0.324. The van der Waals surface area contributed by atoms with Crippen molar-refractivity contribution in [3.63, 3.8) is 0 Å². The molecule has 0 saturated carbocycles. The molecule has 0 aromatic rings. The number of halogens is 1. The van der Waals surface area contributed by atoms with Gasteiger partial charge in [0.05, 0.1) is 6.10 Å². The van der Waals surface area contributed by atoms with Gasteiger partial charge in [0.25, 0.3) is 0 Å². The molecule has 1 N–H and O–H groups in total. The predicted molar refractivity (Wildman–Crippen MR) is 80.9 cm³/mol. The Morgan fingerprint density at radius 2 is 1.89 bits per heavy atom. The molecule has 0 fully saturated rings. The molecule has 1 nitrogen and oxygen atoms in total. The van der Waals surface area contributed by atoms with Crippen molar-refractivity contribution in [1.29, 1.82) is 0 Å². The topological polar surface area (TPSA) is 20.2 Å². The summed E-state index contributed by atoms with van der Waals surface area (Å²) in [5.74, 6) is 6.85. The smallest absolute Gasteiger partial charge is 0.0730 e. The van der Waals surface area contributed by atoms with Gasteiger partial charge in [-0.15, -0.1) is 11.6 Å². The molecule has 0 aliphatic carbocycles. The van der Waals surface area contributed by atoms with Gasteiger partial charge >= 0.3 is 0 Å². The molecule has 0 rings (SSSR count). The molecule has 0 saturated heterocycles. The van der Waals surface area contributed by atoms with Crippen LogP contribution < -0.4 is 0 Å². The normalized spacial score (nSPS) is 12.4. The molecule has 0 bridgehead atoms. The highest BCUT2D eigenvalue weighted by molar-refractivity contribution is 6.17. The average Bonchev–Trinajstić information content (AvgIpc) is 2.37. The summed E-state index contributed by atoms with van der Waals surface area (Å²) in [6.45, 7) is 2.17. The highest BCUT2D eigenvalue weighted by Crippen LogP contribution is 2.04. The minimum absolute atomic E-state index is 0.324. The van der Waals surface area contributed by atoms with Crippen LogP contribution in [-0.4, -0.2) is 17.1 Å². The second kappa shape index (κ2) is 14.6. The lowest BCUT2D eigenvalue weighted by molar-refractivity contribution is 0.208. The maximum Gasteiger partial charge on any atom is 0.0730 e. The molecule has 2 heteroatoms. The van der Waals surface area contributed by atoms with Gasteiger partial charge in [-0.3, -0.25) is 0 Å². The Morgan fingerprint density at radius 1 is 1.11 bits per heavy atom.